The lowest BCUT2D eigenvalue weighted by atomic mass is 10.1. The molecule has 2 N–H and O–H groups in total. The number of nitrogens with zero attached hydrogens (tertiary/aromatic N) is 1. The van der Waals surface area contributed by atoms with Crippen LogP contribution in [0.4, 0.5) is 0 Å². The van der Waals surface area contributed by atoms with E-state index < -0.39 is 5.91 Å². The van der Waals surface area contributed by atoms with Gasteiger partial charge in [-0.25, -0.2) is 4.98 Å². The van der Waals surface area contributed by atoms with E-state index >= 15 is 0 Å². The molecule has 1 amide bonds. The summed E-state index contributed by atoms with van der Waals surface area (Å²) in [5.41, 5.74) is 7.18. The maximum Gasteiger partial charge on any atom is 0.267 e. The molecule has 0 radical (unpaired) electrons. The molecular formula is C12H11BrN2O2. The Kier molecular flexibility index (Phi) is 3.40. The highest BCUT2D eigenvalue weighted by Gasteiger charge is 2.08. The number of carbonyl (C=O) groups excluding carboxylic acids is 1. The average Bonchev–Trinajstić information content (AvgIpc) is 2.36. The van der Waals surface area contributed by atoms with Gasteiger partial charge in [0, 0.05) is 12.5 Å². The second kappa shape index (κ2) is 4.81. The second-order valence-corrected chi connectivity index (χ2v) is 4.40. The van der Waals surface area contributed by atoms with Gasteiger partial charge in [0.05, 0.1) is 5.52 Å². The second-order valence-electron chi connectivity index (χ2n) is 3.56. The molecule has 1 atom stereocenters. The van der Waals surface area contributed by atoms with Crippen LogP contribution in [0.2, 0.25) is 0 Å². The summed E-state index contributed by atoms with van der Waals surface area (Å²) in [5.74, 6) is -0.522. The van der Waals surface area contributed by atoms with Crippen molar-refractivity contribution in [2.24, 2.45) is 5.73 Å². The molecule has 0 aliphatic carbocycles. The molecule has 0 spiro atoms. The van der Waals surface area contributed by atoms with Crippen molar-refractivity contribution in [3.63, 3.8) is 0 Å². The Morgan fingerprint density at radius 3 is 2.82 bits per heavy atom. The van der Waals surface area contributed by atoms with Gasteiger partial charge in [-0.15, -0.1) is 0 Å². The highest BCUT2D eigenvalue weighted by molar-refractivity contribution is 9.09. The maximum absolute atomic E-state index is 11.0. The lowest BCUT2D eigenvalue weighted by Gasteiger charge is -2.09. The molecule has 1 heterocycles. The minimum Gasteiger partial charge on any atom is -0.365 e. The number of hydrogen-bond acceptors (Lipinski definition) is 3. The van der Waals surface area contributed by atoms with Gasteiger partial charge in [0.1, 0.15) is 10.7 Å². The standard InChI is InChI=1S/C12H11BrN2O2/c1-17-11(13)8-3-4-9-7(6-8)2-5-10(15-9)12(14)16/h2-6,11H,1H3,(H2,14,16). The maximum atomic E-state index is 11.0. The molecule has 1 unspecified atom stereocenters. The largest absolute Gasteiger partial charge is 0.365 e. The van der Waals surface area contributed by atoms with Gasteiger partial charge in [-0.3, -0.25) is 4.79 Å². The topological polar surface area (TPSA) is 65.2 Å². The molecule has 88 valence electrons. The molecule has 0 saturated heterocycles. The van der Waals surface area contributed by atoms with Crippen LogP contribution in [-0.2, 0) is 4.74 Å². The molecular weight excluding hydrogens is 284 g/mol. The molecule has 1 aromatic carbocycles. The van der Waals surface area contributed by atoms with Gasteiger partial charge in [0.2, 0.25) is 0 Å². The van der Waals surface area contributed by atoms with E-state index in [0.717, 1.165) is 16.5 Å². The van der Waals surface area contributed by atoms with Gasteiger partial charge in [-0.2, -0.15) is 0 Å². The molecule has 0 aliphatic heterocycles. The summed E-state index contributed by atoms with van der Waals surface area (Å²) in [7, 11) is 1.62. The minimum absolute atomic E-state index is 0.150. The summed E-state index contributed by atoms with van der Waals surface area (Å²) >= 11 is 3.39. The van der Waals surface area contributed by atoms with Crippen molar-refractivity contribution in [3.05, 3.63) is 41.6 Å². The normalized spacial score (nSPS) is 12.6. The number of aromatic nitrogens is 1. The number of hydrogen-bond donors (Lipinski definition) is 1. The number of primary amides is 1. The quantitative estimate of drug-likeness (QED) is 0.884. The van der Waals surface area contributed by atoms with Crippen LogP contribution in [0.3, 0.4) is 0 Å². The highest BCUT2D eigenvalue weighted by Crippen LogP contribution is 2.26. The molecule has 0 bridgehead atoms. The number of ether oxygens (including phenoxy) is 1. The Morgan fingerprint density at radius 1 is 1.41 bits per heavy atom. The van der Waals surface area contributed by atoms with Gasteiger partial charge < -0.3 is 10.5 Å². The highest BCUT2D eigenvalue weighted by atomic mass is 79.9. The number of fused-ring (bicyclic) bond motifs is 1. The first-order valence-electron chi connectivity index (χ1n) is 4.99. The van der Waals surface area contributed by atoms with E-state index in [1.54, 1.807) is 13.2 Å². The van der Waals surface area contributed by atoms with Crippen molar-refractivity contribution in [2.45, 2.75) is 5.01 Å². The number of carbonyl (C=O) groups is 1. The van der Waals surface area contributed by atoms with Crippen LogP contribution in [0, 0.1) is 0 Å². The first kappa shape index (κ1) is 12.0. The third kappa shape index (κ3) is 2.45. The van der Waals surface area contributed by atoms with E-state index in [9.17, 15) is 4.79 Å². The SMILES string of the molecule is COC(Br)c1ccc2nc(C(N)=O)ccc2c1. The van der Waals surface area contributed by atoms with E-state index in [0.29, 0.717) is 0 Å². The van der Waals surface area contributed by atoms with E-state index in [-0.39, 0.29) is 10.7 Å². The van der Waals surface area contributed by atoms with Crippen LogP contribution >= 0.6 is 15.9 Å². The Hall–Kier alpha value is -1.46. The fourth-order valence-electron chi connectivity index (χ4n) is 1.56. The third-order valence-electron chi connectivity index (χ3n) is 2.43. The Labute approximate surface area is 107 Å². The fourth-order valence-corrected chi connectivity index (χ4v) is 1.84. The average molecular weight is 295 g/mol. The predicted octanol–water partition coefficient (Wildman–Crippen LogP) is 2.37. The van der Waals surface area contributed by atoms with Crippen LogP contribution in [0.5, 0.6) is 0 Å². The van der Waals surface area contributed by atoms with Crippen molar-refractivity contribution >= 4 is 32.7 Å². The van der Waals surface area contributed by atoms with Crippen LogP contribution in [-0.4, -0.2) is 18.0 Å². The molecule has 5 heteroatoms. The van der Waals surface area contributed by atoms with Crippen molar-refractivity contribution in [1.29, 1.82) is 0 Å². The summed E-state index contributed by atoms with van der Waals surface area (Å²) < 4.78 is 5.17. The number of nitrogens with two attached hydrogens (primary N) is 1. The number of alkyl halides is 1. The number of amides is 1. The van der Waals surface area contributed by atoms with Crippen molar-refractivity contribution in [3.8, 4) is 0 Å². The number of halogens is 1. The van der Waals surface area contributed by atoms with E-state index in [4.69, 9.17) is 10.5 Å². The van der Waals surface area contributed by atoms with E-state index in [1.807, 2.05) is 24.3 Å². The monoisotopic (exact) mass is 294 g/mol. The Bertz CT molecular complexity index is 571. The zero-order chi connectivity index (χ0) is 12.4. The van der Waals surface area contributed by atoms with Gasteiger partial charge in [-0.1, -0.05) is 28.1 Å². The Balaban J connectivity index is 2.50. The molecule has 1 aromatic heterocycles. The predicted molar refractivity (Wildman–Crippen MR) is 68.9 cm³/mol. The van der Waals surface area contributed by atoms with Crippen molar-refractivity contribution in [1.82, 2.24) is 4.98 Å². The van der Waals surface area contributed by atoms with E-state index in [1.165, 1.54) is 0 Å². The van der Waals surface area contributed by atoms with Gasteiger partial charge >= 0.3 is 0 Å². The molecule has 0 saturated carbocycles. The van der Waals surface area contributed by atoms with E-state index in [2.05, 4.69) is 20.9 Å². The van der Waals surface area contributed by atoms with Crippen LogP contribution in [0.15, 0.2) is 30.3 Å². The summed E-state index contributed by atoms with van der Waals surface area (Å²) in [6, 6.07) is 9.12. The number of pyridine rings is 1. The van der Waals surface area contributed by atoms with Crippen molar-refractivity contribution < 1.29 is 9.53 Å². The first-order chi connectivity index (χ1) is 8.11. The zero-order valence-electron chi connectivity index (χ0n) is 9.18. The smallest absolute Gasteiger partial charge is 0.267 e. The number of benzene rings is 1. The number of rotatable bonds is 3. The third-order valence-corrected chi connectivity index (χ3v) is 3.34. The molecule has 0 fully saturated rings. The Morgan fingerprint density at radius 2 is 2.18 bits per heavy atom. The molecule has 17 heavy (non-hydrogen) atoms. The van der Waals surface area contributed by atoms with Crippen LogP contribution in [0.1, 0.15) is 21.1 Å². The molecule has 2 rings (SSSR count). The molecule has 0 aliphatic rings. The van der Waals surface area contributed by atoms with Crippen LogP contribution < -0.4 is 5.73 Å². The summed E-state index contributed by atoms with van der Waals surface area (Å²) in [6.45, 7) is 0. The van der Waals surface area contributed by atoms with Gasteiger partial charge in [0.25, 0.3) is 5.91 Å². The summed E-state index contributed by atoms with van der Waals surface area (Å²) in [5, 5.41) is 0.789. The van der Waals surface area contributed by atoms with Crippen LogP contribution in [0.25, 0.3) is 10.9 Å². The minimum atomic E-state index is -0.522. The number of methoxy groups -OCH3 is 1. The zero-order valence-corrected chi connectivity index (χ0v) is 10.8. The lowest BCUT2D eigenvalue weighted by molar-refractivity contribution is 0.0996. The lowest BCUT2D eigenvalue weighted by Crippen LogP contribution is -2.12. The first-order valence-corrected chi connectivity index (χ1v) is 5.91. The summed E-state index contributed by atoms with van der Waals surface area (Å²) in [4.78, 5) is 15.2. The van der Waals surface area contributed by atoms with Gasteiger partial charge in [0.15, 0.2) is 0 Å². The van der Waals surface area contributed by atoms with Crippen molar-refractivity contribution in [2.75, 3.05) is 7.11 Å². The molecule has 2 aromatic rings. The fraction of sp³-hybridized carbons (Fsp3) is 0.167. The summed E-state index contributed by atoms with van der Waals surface area (Å²) in [6.07, 6.45) is 0. The molecule has 4 nitrogen and oxygen atoms in total. The van der Waals surface area contributed by atoms with Gasteiger partial charge in [-0.05, 0) is 23.8 Å².